The van der Waals surface area contributed by atoms with Gasteiger partial charge in [0.15, 0.2) is 12.2 Å². The first-order valence-corrected chi connectivity index (χ1v) is 42.3. The third kappa shape index (κ3) is 70.3. The van der Waals surface area contributed by atoms with Gasteiger partial charge in [-0.25, -0.2) is 9.13 Å². The van der Waals surface area contributed by atoms with E-state index in [1.807, 2.05) is 0 Å². The summed E-state index contributed by atoms with van der Waals surface area (Å²) in [6.45, 7) is 11.9. The van der Waals surface area contributed by atoms with Gasteiger partial charge in [0.2, 0.25) is 0 Å². The molecule has 0 aliphatic carbocycles. The van der Waals surface area contributed by atoms with Crippen molar-refractivity contribution in [2.24, 2.45) is 17.8 Å². The highest BCUT2D eigenvalue weighted by Crippen LogP contribution is 2.45. The zero-order valence-electron chi connectivity index (χ0n) is 62.1. The van der Waals surface area contributed by atoms with E-state index in [1.54, 1.807) is 0 Å². The summed E-state index contributed by atoms with van der Waals surface area (Å²) in [5.74, 6) is 0.158. The van der Waals surface area contributed by atoms with Crippen molar-refractivity contribution < 1.29 is 80.2 Å². The smallest absolute Gasteiger partial charge is 0.462 e. The van der Waals surface area contributed by atoms with Gasteiger partial charge in [-0.2, -0.15) is 0 Å². The number of hydrogen-bond donors (Lipinski definition) is 3. The highest BCUT2D eigenvalue weighted by Gasteiger charge is 2.30. The second kappa shape index (κ2) is 66.6. The van der Waals surface area contributed by atoms with Crippen LogP contribution in [0.15, 0.2) is 0 Å². The number of phosphoric acid groups is 2. The van der Waals surface area contributed by atoms with Crippen LogP contribution in [0.5, 0.6) is 0 Å². The summed E-state index contributed by atoms with van der Waals surface area (Å²) in [5, 5.41) is 10.6. The number of phosphoric ester groups is 2. The molecule has 0 aromatic rings. The van der Waals surface area contributed by atoms with Crippen molar-refractivity contribution in [3.8, 4) is 0 Å². The first-order valence-electron chi connectivity index (χ1n) is 39.3. The van der Waals surface area contributed by atoms with Crippen LogP contribution < -0.4 is 0 Å². The molecule has 0 aromatic carbocycles. The van der Waals surface area contributed by atoms with Crippen LogP contribution in [0.1, 0.15) is 389 Å². The normalized spacial score (nSPS) is 14.1. The minimum Gasteiger partial charge on any atom is -0.462 e. The lowest BCUT2D eigenvalue weighted by Crippen LogP contribution is -2.30. The molecule has 564 valence electrons. The second-order valence-electron chi connectivity index (χ2n) is 28.8. The molecule has 0 bridgehead atoms. The monoisotopic (exact) mass is 1400 g/mol. The number of esters is 4. The maximum Gasteiger partial charge on any atom is 0.472 e. The minimum absolute atomic E-state index is 0.105. The van der Waals surface area contributed by atoms with Gasteiger partial charge in [0.05, 0.1) is 26.4 Å². The lowest BCUT2D eigenvalue weighted by Gasteiger charge is -2.21. The standard InChI is InChI=1S/C76H148O17P2/c1-8-9-10-11-12-13-14-15-19-22-29-36-43-50-57-73(78)86-63-71(92-75(80)59-52-45-38-30-23-20-17-16-18-21-26-33-40-47-54-67(2)3)65-90-94(82,83)88-61-70(77)62-89-95(84,85)91-66-72(93-76(81)60-53-46-39-32-25-28-35-42-49-56-69(6)7)64-87-74(79)58-51-44-37-31-24-27-34-41-48-55-68(4)5/h67-72,77H,8-66H2,1-7H3,(H,82,83)(H,84,85)/t70-,71-,72-/m1/s1. The maximum absolute atomic E-state index is 13.1. The van der Waals surface area contributed by atoms with Crippen LogP contribution in [-0.4, -0.2) is 96.7 Å². The Morgan fingerprint density at radius 2 is 0.484 bits per heavy atom. The minimum atomic E-state index is -4.96. The lowest BCUT2D eigenvalue weighted by atomic mass is 10.0. The molecule has 0 aromatic heterocycles. The first kappa shape index (κ1) is 93.1. The number of carbonyl (C=O) groups is 4. The maximum atomic E-state index is 13.1. The Kier molecular flexibility index (Phi) is 65.2. The average molecular weight is 1400 g/mol. The molecule has 0 aliphatic rings. The number of ether oxygens (including phenoxy) is 4. The number of aliphatic hydroxyl groups excluding tert-OH is 1. The van der Waals surface area contributed by atoms with Crippen LogP contribution in [0.25, 0.3) is 0 Å². The van der Waals surface area contributed by atoms with Crippen LogP contribution in [0.3, 0.4) is 0 Å². The molecule has 3 N–H and O–H groups in total. The van der Waals surface area contributed by atoms with Crippen molar-refractivity contribution in [3.05, 3.63) is 0 Å². The Morgan fingerprint density at radius 1 is 0.284 bits per heavy atom. The third-order valence-electron chi connectivity index (χ3n) is 17.6. The van der Waals surface area contributed by atoms with Crippen LogP contribution in [0.4, 0.5) is 0 Å². The molecule has 17 nitrogen and oxygen atoms in total. The fraction of sp³-hybridized carbons (Fsp3) is 0.947. The summed E-state index contributed by atoms with van der Waals surface area (Å²) in [7, 11) is -9.91. The average Bonchev–Trinajstić information content (AvgIpc) is 1.46. The van der Waals surface area contributed by atoms with E-state index in [9.17, 15) is 43.2 Å². The lowest BCUT2D eigenvalue weighted by molar-refractivity contribution is -0.161. The van der Waals surface area contributed by atoms with Crippen molar-refractivity contribution in [1.29, 1.82) is 0 Å². The van der Waals surface area contributed by atoms with Gasteiger partial charge in [0, 0.05) is 25.7 Å². The molecular formula is C76H148O17P2. The molecule has 95 heavy (non-hydrogen) atoms. The molecule has 0 radical (unpaired) electrons. The molecule has 0 saturated carbocycles. The Morgan fingerprint density at radius 3 is 0.716 bits per heavy atom. The van der Waals surface area contributed by atoms with E-state index in [-0.39, 0.29) is 25.7 Å². The van der Waals surface area contributed by atoms with Gasteiger partial charge < -0.3 is 33.8 Å². The fourth-order valence-corrected chi connectivity index (χ4v) is 13.2. The zero-order chi connectivity index (χ0) is 70.1. The topological polar surface area (TPSA) is 237 Å². The zero-order valence-corrected chi connectivity index (χ0v) is 63.9. The van der Waals surface area contributed by atoms with E-state index in [2.05, 4.69) is 48.5 Å². The fourth-order valence-electron chi connectivity index (χ4n) is 11.6. The number of carbonyl (C=O) groups excluding carboxylic acids is 4. The molecule has 19 heteroatoms. The number of hydrogen-bond acceptors (Lipinski definition) is 15. The van der Waals surface area contributed by atoms with E-state index in [4.69, 9.17) is 37.0 Å². The molecule has 0 rings (SSSR count). The Bertz CT molecular complexity index is 1850. The van der Waals surface area contributed by atoms with Gasteiger partial charge in [-0.05, 0) is 43.4 Å². The molecule has 0 amide bonds. The summed E-state index contributed by atoms with van der Waals surface area (Å²) in [6, 6.07) is 0. The quantitative estimate of drug-likeness (QED) is 0.0222. The summed E-state index contributed by atoms with van der Waals surface area (Å²) in [5.41, 5.74) is 0. The molecule has 2 unspecified atom stereocenters. The first-order chi connectivity index (χ1) is 45.7. The largest absolute Gasteiger partial charge is 0.472 e. The van der Waals surface area contributed by atoms with Gasteiger partial charge in [0.25, 0.3) is 0 Å². The van der Waals surface area contributed by atoms with Crippen molar-refractivity contribution in [2.75, 3.05) is 39.6 Å². The van der Waals surface area contributed by atoms with Crippen molar-refractivity contribution in [2.45, 2.75) is 407 Å². The number of aliphatic hydroxyl groups is 1. The second-order valence-corrected chi connectivity index (χ2v) is 31.7. The highest BCUT2D eigenvalue weighted by molar-refractivity contribution is 7.47. The molecule has 0 fully saturated rings. The van der Waals surface area contributed by atoms with E-state index >= 15 is 0 Å². The molecular weight excluding hydrogens is 1250 g/mol. The predicted molar refractivity (Wildman–Crippen MR) is 386 cm³/mol. The Balaban J connectivity index is 5.26. The molecule has 0 spiro atoms. The van der Waals surface area contributed by atoms with Gasteiger partial charge >= 0.3 is 39.5 Å². The van der Waals surface area contributed by atoms with Gasteiger partial charge in [-0.1, -0.05) is 337 Å². The molecule has 0 heterocycles. The number of unbranched alkanes of at least 4 members (excludes halogenated alkanes) is 42. The Hall–Kier alpha value is -1.94. The van der Waals surface area contributed by atoms with Gasteiger partial charge in [-0.15, -0.1) is 0 Å². The van der Waals surface area contributed by atoms with Crippen molar-refractivity contribution >= 4 is 39.5 Å². The van der Waals surface area contributed by atoms with E-state index in [0.29, 0.717) is 25.7 Å². The van der Waals surface area contributed by atoms with Crippen molar-refractivity contribution in [1.82, 2.24) is 0 Å². The summed E-state index contributed by atoms with van der Waals surface area (Å²) in [4.78, 5) is 72.8. The highest BCUT2D eigenvalue weighted by atomic mass is 31.2. The van der Waals surface area contributed by atoms with Crippen LogP contribution in [-0.2, 0) is 65.4 Å². The summed E-state index contributed by atoms with van der Waals surface area (Å²) >= 11 is 0. The van der Waals surface area contributed by atoms with Gasteiger partial charge in [-0.3, -0.25) is 37.3 Å². The third-order valence-corrected chi connectivity index (χ3v) is 19.5. The molecule has 5 atom stereocenters. The van der Waals surface area contributed by atoms with Crippen molar-refractivity contribution in [3.63, 3.8) is 0 Å². The van der Waals surface area contributed by atoms with E-state index in [0.717, 1.165) is 108 Å². The molecule has 0 saturated heterocycles. The van der Waals surface area contributed by atoms with E-state index in [1.165, 1.54) is 199 Å². The van der Waals surface area contributed by atoms with Gasteiger partial charge in [0.1, 0.15) is 19.3 Å². The Labute approximate surface area is 581 Å². The van der Waals surface area contributed by atoms with Crippen LogP contribution in [0, 0.1) is 17.8 Å². The summed E-state index contributed by atoms with van der Waals surface area (Å²) in [6.07, 6.45) is 52.6. The van der Waals surface area contributed by atoms with Crippen LogP contribution >= 0.6 is 15.6 Å². The molecule has 0 aliphatic heterocycles. The number of rotatable bonds is 74. The summed E-state index contributed by atoms with van der Waals surface area (Å²) < 4.78 is 68.5. The van der Waals surface area contributed by atoms with E-state index < -0.39 is 97.5 Å². The van der Waals surface area contributed by atoms with Crippen LogP contribution in [0.2, 0.25) is 0 Å². The SMILES string of the molecule is CCCCCCCCCCCCCCCCC(=O)OC[C@H](COP(=O)(O)OC[C@@H](O)COP(=O)(O)OC[C@@H](COC(=O)CCCCCCCCCCCC(C)C)OC(=O)CCCCCCCCCCCC(C)C)OC(=O)CCCCCCCCCCCCCCCCC(C)C. The predicted octanol–water partition coefficient (Wildman–Crippen LogP) is 22.2.